The van der Waals surface area contributed by atoms with Gasteiger partial charge < -0.3 is 24.8 Å². The van der Waals surface area contributed by atoms with Crippen LogP contribution in [-0.4, -0.2) is 90.3 Å². The summed E-state index contributed by atoms with van der Waals surface area (Å²) in [6.07, 6.45) is 2.67. The first-order valence-electron chi connectivity index (χ1n) is 8.72. The van der Waals surface area contributed by atoms with E-state index in [1.165, 1.54) is 0 Å². The van der Waals surface area contributed by atoms with Gasteiger partial charge in [0.25, 0.3) is 0 Å². The van der Waals surface area contributed by atoms with Gasteiger partial charge in [0.05, 0.1) is 24.8 Å². The molecule has 0 saturated carbocycles. The van der Waals surface area contributed by atoms with Crippen LogP contribution in [0.4, 0.5) is 0 Å². The molecule has 1 aromatic heterocycles. The van der Waals surface area contributed by atoms with Gasteiger partial charge in [-0.15, -0.1) is 0 Å². The topological polar surface area (TPSA) is 70.1 Å². The van der Waals surface area contributed by atoms with Gasteiger partial charge in [0.15, 0.2) is 6.29 Å². The molecule has 3 saturated heterocycles. The fourth-order valence-electron chi connectivity index (χ4n) is 3.90. The number of piperazine rings is 1. The molecular weight excluding hydrogens is 308 g/mol. The summed E-state index contributed by atoms with van der Waals surface area (Å²) in [6, 6.07) is 3.73. The van der Waals surface area contributed by atoms with Gasteiger partial charge in [-0.3, -0.25) is 9.88 Å². The Morgan fingerprint density at radius 3 is 2.75 bits per heavy atom. The van der Waals surface area contributed by atoms with E-state index in [1.807, 2.05) is 12.1 Å². The number of nitrogens with zero attached hydrogens (tertiary/aromatic N) is 3. The van der Waals surface area contributed by atoms with E-state index in [0.717, 1.165) is 31.7 Å². The molecule has 0 radical (unpaired) electrons. The minimum atomic E-state index is -0.499. The SMILES string of the molecule is CN1CCN([C@H]2[C@@H]3OC[C@@H](O3)[C@@H](NCc3ccncc3)[C@@H]2O)CC1. The number of likely N-dealkylation sites (N-methyl/N-ethyl adjacent to an activating group) is 1. The number of aliphatic hydroxyl groups excluding tert-OH is 1. The van der Waals surface area contributed by atoms with E-state index in [9.17, 15) is 5.11 Å². The van der Waals surface area contributed by atoms with E-state index in [2.05, 4.69) is 27.1 Å². The van der Waals surface area contributed by atoms with Crippen molar-refractivity contribution in [3.8, 4) is 0 Å². The van der Waals surface area contributed by atoms with Gasteiger partial charge in [-0.2, -0.15) is 0 Å². The van der Waals surface area contributed by atoms with Crippen molar-refractivity contribution in [2.24, 2.45) is 0 Å². The quantitative estimate of drug-likeness (QED) is 0.752. The smallest absolute Gasteiger partial charge is 0.176 e. The number of rotatable bonds is 4. The number of fused-ring (bicyclic) bond motifs is 2. The first-order valence-corrected chi connectivity index (χ1v) is 8.72. The summed E-state index contributed by atoms with van der Waals surface area (Å²) < 4.78 is 11.9. The van der Waals surface area contributed by atoms with Crippen molar-refractivity contribution >= 4 is 0 Å². The van der Waals surface area contributed by atoms with E-state index in [-0.39, 0.29) is 24.5 Å². The second-order valence-electron chi connectivity index (χ2n) is 6.96. The minimum absolute atomic E-state index is 0.0875. The normalized spacial score (nSPS) is 37.7. The molecular formula is C17H26N4O3. The molecule has 4 rings (SSSR count). The van der Waals surface area contributed by atoms with Crippen molar-refractivity contribution in [1.29, 1.82) is 0 Å². The Morgan fingerprint density at radius 1 is 1.25 bits per heavy atom. The van der Waals surface area contributed by atoms with Gasteiger partial charge in [-0.25, -0.2) is 0 Å². The summed E-state index contributed by atoms with van der Waals surface area (Å²) in [5, 5.41) is 14.5. The molecule has 0 amide bonds. The Balaban J connectivity index is 1.44. The average molecular weight is 334 g/mol. The lowest BCUT2D eigenvalue weighted by Gasteiger charge is -2.46. The summed E-state index contributed by atoms with van der Waals surface area (Å²) >= 11 is 0. The van der Waals surface area contributed by atoms with E-state index in [0.29, 0.717) is 13.2 Å². The standard InChI is InChI=1S/C17H26N4O3/c1-20-6-8-21(9-7-20)15-16(22)14(13-11-23-17(15)24-13)19-10-12-2-4-18-5-3-12/h2-5,13-17,19,22H,6-11H2,1H3/t13-,14-,15-,16+,17-/m1/s1. The van der Waals surface area contributed by atoms with Crippen molar-refractivity contribution in [3.05, 3.63) is 30.1 Å². The van der Waals surface area contributed by atoms with Crippen molar-refractivity contribution in [2.75, 3.05) is 39.8 Å². The Kier molecular flexibility index (Phi) is 4.80. The van der Waals surface area contributed by atoms with Crippen molar-refractivity contribution in [1.82, 2.24) is 20.1 Å². The Bertz CT molecular complexity index is 538. The number of aliphatic hydroxyl groups is 1. The number of hydrogen-bond donors (Lipinski definition) is 2. The minimum Gasteiger partial charge on any atom is -0.390 e. The Labute approximate surface area is 142 Å². The number of nitrogens with one attached hydrogen (secondary N) is 1. The molecule has 1 aromatic rings. The highest BCUT2D eigenvalue weighted by Crippen LogP contribution is 2.32. The van der Waals surface area contributed by atoms with Crippen LogP contribution < -0.4 is 5.32 Å². The third kappa shape index (κ3) is 3.20. The highest BCUT2D eigenvalue weighted by atomic mass is 16.7. The van der Waals surface area contributed by atoms with E-state index in [1.54, 1.807) is 12.4 Å². The zero-order chi connectivity index (χ0) is 16.5. The van der Waals surface area contributed by atoms with Crippen LogP contribution in [0.2, 0.25) is 0 Å². The van der Waals surface area contributed by atoms with E-state index >= 15 is 0 Å². The predicted octanol–water partition coefficient (Wildman–Crippen LogP) is -0.728. The molecule has 7 nitrogen and oxygen atoms in total. The number of hydrogen-bond acceptors (Lipinski definition) is 7. The van der Waals surface area contributed by atoms with Gasteiger partial charge in [0.2, 0.25) is 0 Å². The first kappa shape index (κ1) is 16.4. The fraction of sp³-hybridized carbons (Fsp3) is 0.706. The van der Waals surface area contributed by atoms with E-state index in [4.69, 9.17) is 9.47 Å². The number of aromatic nitrogens is 1. The van der Waals surface area contributed by atoms with Crippen LogP contribution in [0.5, 0.6) is 0 Å². The second kappa shape index (κ2) is 7.03. The van der Waals surface area contributed by atoms with Gasteiger partial charge in [-0.1, -0.05) is 0 Å². The lowest BCUT2D eigenvalue weighted by Crippen LogP contribution is -2.66. The van der Waals surface area contributed by atoms with Crippen LogP contribution in [-0.2, 0) is 16.0 Å². The highest BCUT2D eigenvalue weighted by molar-refractivity contribution is 5.10. The van der Waals surface area contributed by atoms with Crippen LogP contribution >= 0.6 is 0 Å². The molecule has 0 unspecified atom stereocenters. The molecule has 3 fully saturated rings. The monoisotopic (exact) mass is 334 g/mol. The lowest BCUT2D eigenvalue weighted by atomic mass is 9.94. The highest BCUT2D eigenvalue weighted by Gasteiger charge is 2.52. The average Bonchev–Trinajstić information content (AvgIpc) is 3.02. The summed E-state index contributed by atoms with van der Waals surface area (Å²) in [6.45, 7) is 5.11. The van der Waals surface area contributed by atoms with Crippen molar-refractivity contribution in [3.63, 3.8) is 0 Å². The van der Waals surface area contributed by atoms with Crippen molar-refractivity contribution in [2.45, 2.75) is 37.1 Å². The van der Waals surface area contributed by atoms with Gasteiger partial charge in [0.1, 0.15) is 6.10 Å². The predicted molar refractivity (Wildman–Crippen MR) is 88.3 cm³/mol. The summed E-state index contributed by atoms with van der Waals surface area (Å²) in [5.74, 6) is 0. The summed E-state index contributed by atoms with van der Waals surface area (Å²) in [4.78, 5) is 8.67. The molecule has 3 aliphatic heterocycles. The molecule has 132 valence electrons. The molecule has 7 heteroatoms. The van der Waals surface area contributed by atoms with Crippen molar-refractivity contribution < 1.29 is 14.6 Å². The molecule has 0 aromatic carbocycles. The Hall–Kier alpha value is -1.09. The third-order valence-electron chi connectivity index (χ3n) is 5.38. The molecule has 4 heterocycles. The molecule has 2 N–H and O–H groups in total. The van der Waals surface area contributed by atoms with Crippen LogP contribution in [0.3, 0.4) is 0 Å². The van der Waals surface area contributed by atoms with Crippen LogP contribution in [0.15, 0.2) is 24.5 Å². The first-order chi connectivity index (χ1) is 11.7. The second-order valence-corrected chi connectivity index (χ2v) is 6.96. The molecule has 0 spiro atoms. The van der Waals surface area contributed by atoms with E-state index < -0.39 is 6.10 Å². The fourth-order valence-corrected chi connectivity index (χ4v) is 3.90. The zero-order valence-electron chi connectivity index (χ0n) is 14.0. The summed E-state index contributed by atoms with van der Waals surface area (Å²) in [5.41, 5.74) is 1.15. The van der Waals surface area contributed by atoms with Crippen LogP contribution in [0.25, 0.3) is 0 Å². The van der Waals surface area contributed by atoms with Crippen LogP contribution in [0, 0.1) is 0 Å². The molecule has 24 heavy (non-hydrogen) atoms. The lowest BCUT2D eigenvalue weighted by molar-refractivity contribution is -0.186. The molecule has 2 bridgehead atoms. The van der Waals surface area contributed by atoms with Gasteiger partial charge >= 0.3 is 0 Å². The van der Waals surface area contributed by atoms with Gasteiger partial charge in [0, 0.05) is 45.1 Å². The molecule has 3 aliphatic rings. The zero-order valence-corrected chi connectivity index (χ0v) is 14.0. The Morgan fingerprint density at radius 2 is 2.00 bits per heavy atom. The van der Waals surface area contributed by atoms with Gasteiger partial charge in [-0.05, 0) is 24.7 Å². The van der Waals surface area contributed by atoms with Crippen LogP contribution in [0.1, 0.15) is 5.56 Å². The maximum absolute atomic E-state index is 11.0. The third-order valence-corrected chi connectivity index (χ3v) is 5.38. The molecule has 5 atom stereocenters. The maximum atomic E-state index is 11.0. The number of pyridine rings is 1. The number of ether oxygens (including phenoxy) is 2. The molecule has 0 aliphatic carbocycles. The maximum Gasteiger partial charge on any atom is 0.176 e. The summed E-state index contributed by atoms with van der Waals surface area (Å²) in [7, 11) is 2.13. The largest absolute Gasteiger partial charge is 0.390 e.